The first-order valence-corrected chi connectivity index (χ1v) is 7.73. The molecule has 1 nitrogen and oxygen atoms in total. The van der Waals surface area contributed by atoms with E-state index in [0.29, 0.717) is 12.0 Å². The van der Waals surface area contributed by atoms with Gasteiger partial charge in [0.05, 0.1) is 5.56 Å². The van der Waals surface area contributed by atoms with Crippen molar-refractivity contribution in [1.82, 2.24) is 5.32 Å². The van der Waals surface area contributed by atoms with Crippen LogP contribution in [0.1, 0.15) is 34.5 Å². The maximum Gasteiger partial charge on any atom is 0.416 e. The first-order valence-electron chi connectivity index (χ1n) is 6.85. The fraction of sp³-hybridized carbons (Fsp3) is 0.375. The minimum atomic E-state index is -4.29. The third-order valence-electron chi connectivity index (χ3n) is 3.42. The summed E-state index contributed by atoms with van der Waals surface area (Å²) < 4.78 is 38.3. The second kappa shape index (κ2) is 6.62. The van der Waals surface area contributed by atoms with Gasteiger partial charge in [-0.15, -0.1) is 11.3 Å². The van der Waals surface area contributed by atoms with E-state index in [4.69, 9.17) is 0 Å². The van der Waals surface area contributed by atoms with Crippen LogP contribution in [0, 0.1) is 6.92 Å². The Morgan fingerprint density at radius 3 is 2.57 bits per heavy atom. The average molecular weight is 313 g/mol. The lowest BCUT2D eigenvalue weighted by Crippen LogP contribution is -2.23. The van der Waals surface area contributed by atoms with Gasteiger partial charge in [0.15, 0.2) is 0 Å². The second-order valence-corrected chi connectivity index (χ2v) is 6.06. The fourth-order valence-corrected chi connectivity index (χ4v) is 3.17. The van der Waals surface area contributed by atoms with Gasteiger partial charge in [-0.2, -0.15) is 13.2 Å². The maximum absolute atomic E-state index is 12.8. The standard InChI is InChI=1S/C16H18F3NS/c1-3-20-15(14-7-8-21-11(14)2)10-12-5-4-6-13(9-12)16(17,18)19/h4-9,15,20H,3,10H2,1-2H3. The Balaban J connectivity index is 2.24. The molecule has 21 heavy (non-hydrogen) atoms. The molecule has 5 heteroatoms. The highest BCUT2D eigenvalue weighted by atomic mass is 32.1. The first kappa shape index (κ1) is 16.0. The molecular weight excluding hydrogens is 295 g/mol. The van der Waals surface area contributed by atoms with Gasteiger partial charge in [0, 0.05) is 10.9 Å². The summed E-state index contributed by atoms with van der Waals surface area (Å²) in [6, 6.07) is 7.67. The lowest BCUT2D eigenvalue weighted by Gasteiger charge is -2.19. The Morgan fingerprint density at radius 2 is 2.00 bits per heavy atom. The highest BCUT2D eigenvalue weighted by molar-refractivity contribution is 7.10. The van der Waals surface area contributed by atoms with Gasteiger partial charge in [0.25, 0.3) is 0 Å². The molecule has 0 bridgehead atoms. The van der Waals surface area contributed by atoms with Crippen LogP contribution < -0.4 is 5.32 Å². The summed E-state index contributed by atoms with van der Waals surface area (Å²) in [6.45, 7) is 4.82. The Labute approximate surface area is 126 Å². The summed E-state index contributed by atoms with van der Waals surface area (Å²) >= 11 is 1.66. The molecule has 0 aliphatic rings. The molecule has 1 aromatic heterocycles. The minimum Gasteiger partial charge on any atom is -0.310 e. The molecule has 1 aromatic carbocycles. The van der Waals surface area contributed by atoms with Gasteiger partial charge in [0.1, 0.15) is 0 Å². The summed E-state index contributed by atoms with van der Waals surface area (Å²) in [5.74, 6) is 0. The lowest BCUT2D eigenvalue weighted by atomic mass is 9.98. The van der Waals surface area contributed by atoms with Gasteiger partial charge < -0.3 is 5.32 Å². The zero-order valence-corrected chi connectivity index (χ0v) is 12.8. The van der Waals surface area contributed by atoms with Crippen molar-refractivity contribution in [3.05, 3.63) is 57.3 Å². The third kappa shape index (κ3) is 4.08. The number of likely N-dealkylation sites (N-methyl/N-ethyl adjacent to an activating group) is 1. The van der Waals surface area contributed by atoms with Crippen LogP contribution in [-0.2, 0) is 12.6 Å². The molecule has 0 aliphatic carbocycles. The lowest BCUT2D eigenvalue weighted by molar-refractivity contribution is -0.137. The van der Waals surface area contributed by atoms with E-state index in [0.717, 1.165) is 12.6 Å². The molecular formula is C16H18F3NS. The Hall–Kier alpha value is -1.33. The topological polar surface area (TPSA) is 12.0 Å². The van der Waals surface area contributed by atoms with E-state index in [-0.39, 0.29) is 6.04 Å². The number of aryl methyl sites for hydroxylation is 1. The predicted octanol–water partition coefficient (Wildman–Crippen LogP) is 4.97. The minimum absolute atomic E-state index is 0.0460. The molecule has 0 fully saturated rings. The van der Waals surface area contributed by atoms with Crippen molar-refractivity contribution < 1.29 is 13.2 Å². The molecule has 0 amide bonds. The van der Waals surface area contributed by atoms with Crippen LogP contribution >= 0.6 is 11.3 Å². The van der Waals surface area contributed by atoms with Gasteiger partial charge in [-0.1, -0.05) is 25.1 Å². The summed E-state index contributed by atoms with van der Waals surface area (Å²) in [7, 11) is 0. The van der Waals surface area contributed by atoms with Gasteiger partial charge in [-0.25, -0.2) is 0 Å². The summed E-state index contributed by atoms with van der Waals surface area (Å²) in [5, 5.41) is 5.37. The van der Waals surface area contributed by atoms with E-state index in [1.54, 1.807) is 17.4 Å². The molecule has 0 saturated carbocycles. The SMILES string of the molecule is CCNC(Cc1cccc(C(F)(F)F)c1)c1ccsc1C. The predicted molar refractivity (Wildman–Crippen MR) is 80.6 cm³/mol. The third-order valence-corrected chi connectivity index (χ3v) is 4.28. The van der Waals surface area contributed by atoms with E-state index in [9.17, 15) is 13.2 Å². The molecule has 0 radical (unpaired) electrons. The molecule has 0 saturated heterocycles. The second-order valence-electron chi connectivity index (χ2n) is 4.94. The van der Waals surface area contributed by atoms with Crippen LogP contribution in [0.25, 0.3) is 0 Å². The van der Waals surface area contributed by atoms with Crippen LogP contribution in [-0.4, -0.2) is 6.54 Å². The van der Waals surface area contributed by atoms with Crippen molar-refractivity contribution in [3.63, 3.8) is 0 Å². The van der Waals surface area contributed by atoms with Crippen molar-refractivity contribution in [3.8, 4) is 0 Å². The molecule has 114 valence electrons. The smallest absolute Gasteiger partial charge is 0.310 e. The number of rotatable bonds is 5. The molecule has 1 unspecified atom stereocenters. The van der Waals surface area contributed by atoms with Crippen LogP contribution in [0.4, 0.5) is 13.2 Å². The number of halogens is 3. The molecule has 1 heterocycles. The van der Waals surface area contributed by atoms with Crippen molar-refractivity contribution >= 4 is 11.3 Å². The maximum atomic E-state index is 12.8. The summed E-state index contributed by atoms with van der Waals surface area (Å²) in [6.07, 6.45) is -3.74. The van der Waals surface area contributed by atoms with E-state index in [2.05, 4.69) is 5.32 Å². The molecule has 1 atom stereocenters. The first-order chi connectivity index (χ1) is 9.91. The largest absolute Gasteiger partial charge is 0.416 e. The van der Waals surface area contributed by atoms with Crippen molar-refractivity contribution in [2.75, 3.05) is 6.54 Å². The number of hydrogen-bond donors (Lipinski definition) is 1. The summed E-state index contributed by atoms with van der Waals surface area (Å²) in [5.41, 5.74) is 1.28. The molecule has 0 spiro atoms. The Morgan fingerprint density at radius 1 is 1.24 bits per heavy atom. The van der Waals surface area contributed by atoms with E-state index >= 15 is 0 Å². The number of benzene rings is 1. The van der Waals surface area contributed by atoms with Gasteiger partial charge >= 0.3 is 6.18 Å². The van der Waals surface area contributed by atoms with E-state index < -0.39 is 11.7 Å². The van der Waals surface area contributed by atoms with Gasteiger partial charge in [-0.3, -0.25) is 0 Å². The zero-order valence-electron chi connectivity index (χ0n) is 12.0. The highest BCUT2D eigenvalue weighted by Gasteiger charge is 2.30. The van der Waals surface area contributed by atoms with Gasteiger partial charge in [0.2, 0.25) is 0 Å². The summed E-state index contributed by atoms with van der Waals surface area (Å²) in [4.78, 5) is 1.20. The molecule has 1 N–H and O–H groups in total. The molecule has 0 aliphatic heterocycles. The van der Waals surface area contributed by atoms with E-state index in [1.165, 1.54) is 22.6 Å². The van der Waals surface area contributed by atoms with Crippen LogP contribution in [0.15, 0.2) is 35.7 Å². The van der Waals surface area contributed by atoms with Crippen molar-refractivity contribution in [1.29, 1.82) is 0 Å². The van der Waals surface area contributed by atoms with Crippen molar-refractivity contribution in [2.45, 2.75) is 32.5 Å². The number of alkyl halides is 3. The fourth-order valence-electron chi connectivity index (χ4n) is 2.41. The Kier molecular flexibility index (Phi) is 5.06. The van der Waals surface area contributed by atoms with Crippen LogP contribution in [0.2, 0.25) is 0 Å². The average Bonchev–Trinajstić information content (AvgIpc) is 2.84. The number of hydrogen-bond acceptors (Lipinski definition) is 2. The van der Waals surface area contributed by atoms with Crippen LogP contribution in [0.5, 0.6) is 0 Å². The number of nitrogens with one attached hydrogen (secondary N) is 1. The van der Waals surface area contributed by atoms with E-state index in [1.807, 2.05) is 25.3 Å². The molecule has 2 aromatic rings. The van der Waals surface area contributed by atoms with Crippen molar-refractivity contribution in [2.24, 2.45) is 0 Å². The normalized spacial score (nSPS) is 13.4. The zero-order chi connectivity index (χ0) is 15.5. The monoisotopic (exact) mass is 313 g/mol. The van der Waals surface area contributed by atoms with Gasteiger partial charge in [-0.05, 0) is 48.5 Å². The Bertz CT molecular complexity index is 589. The highest BCUT2D eigenvalue weighted by Crippen LogP contribution is 2.31. The quantitative estimate of drug-likeness (QED) is 0.822. The molecule has 2 rings (SSSR count). The van der Waals surface area contributed by atoms with Crippen LogP contribution in [0.3, 0.4) is 0 Å². The number of thiophene rings is 1.